The molecule has 0 saturated heterocycles. The summed E-state index contributed by atoms with van der Waals surface area (Å²) < 4.78 is 5.53. The lowest BCUT2D eigenvalue weighted by atomic mass is 10.0. The van der Waals surface area contributed by atoms with E-state index in [-0.39, 0.29) is 36.7 Å². The topological polar surface area (TPSA) is 99.1 Å². The van der Waals surface area contributed by atoms with Crippen LogP contribution < -0.4 is 5.32 Å². The molecule has 0 radical (unpaired) electrons. The maximum Gasteiger partial charge on any atom is 0.337 e. The van der Waals surface area contributed by atoms with Crippen molar-refractivity contribution in [1.82, 2.24) is 4.90 Å². The minimum Gasteiger partial charge on any atom is -0.507 e. The van der Waals surface area contributed by atoms with E-state index in [1.807, 2.05) is 19.1 Å². The molecule has 1 heterocycles. The van der Waals surface area contributed by atoms with Crippen LogP contribution in [0.25, 0.3) is 11.1 Å². The third-order valence-electron chi connectivity index (χ3n) is 4.73. The first-order chi connectivity index (χ1) is 13.9. The van der Waals surface area contributed by atoms with Gasteiger partial charge in [0.05, 0.1) is 31.5 Å². The van der Waals surface area contributed by atoms with Crippen molar-refractivity contribution in [3.05, 3.63) is 57.7 Å². The number of halogens is 1. The number of nitrogens with zero attached hydrogens (tertiary/aromatic N) is 1. The highest BCUT2D eigenvalue weighted by atomic mass is 79.9. The molecule has 0 aromatic heterocycles. The zero-order chi connectivity index (χ0) is 21.1. The second-order valence-electron chi connectivity index (χ2n) is 6.56. The fraction of sp³-hybridized carbons (Fsp3) is 0.238. The quantitative estimate of drug-likeness (QED) is 0.573. The van der Waals surface area contributed by atoms with Crippen LogP contribution in [-0.2, 0) is 14.3 Å². The van der Waals surface area contributed by atoms with E-state index in [1.54, 1.807) is 24.3 Å². The molecule has 1 amide bonds. The van der Waals surface area contributed by atoms with E-state index < -0.39 is 11.9 Å². The number of aliphatic hydroxyl groups is 1. The van der Waals surface area contributed by atoms with Gasteiger partial charge in [0, 0.05) is 22.1 Å². The molecule has 8 heteroatoms. The minimum absolute atomic E-state index is 0.0454. The molecule has 3 rings (SSSR count). The smallest absolute Gasteiger partial charge is 0.337 e. The second-order valence-corrected chi connectivity index (χ2v) is 7.35. The third-order valence-corrected chi connectivity index (χ3v) is 5.75. The zero-order valence-electron chi connectivity index (χ0n) is 16.0. The van der Waals surface area contributed by atoms with Gasteiger partial charge in [0.1, 0.15) is 11.4 Å². The van der Waals surface area contributed by atoms with Crippen LogP contribution in [0.1, 0.15) is 5.56 Å². The Kier molecular flexibility index (Phi) is 6.24. The van der Waals surface area contributed by atoms with Gasteiger partial charge in [0.25, 0.3) is 5.91 Å². The van der Waals surface area contributed by atoms with Gasteiger partial charge in [-0.25, -0.2) is 4.79 Å². The van der Waals surface area contributed by atoms with E-state index in [9.17, 15) is 19.8 Å². The number of carbonyl (C=O) groups excluding carboxylic acids is 2. The number of esters is 1. The monoisotopic (exact) mass is 460 g/mol. The molecule has 1 aliphatic heterocycles. The number of β-amino-alcohol motifs (C(OH)–C–C–N with tert-alkyl or cyclic N) is 1. The summed E-state index contributed by atoms with van der Waals surface area (Å²) in [7, 11) is 1.25. The van der Waals surface area contributed by atoms with Crippen molar-refractivity contribution in [3.63, 3.8) is 0 Å². The zero-order valence-corrected chi connectivity index (χ0v) is 17.6. The molecule has 2 aromatic carbocycles. The number of carbonyl (C=O) groups is 2. The molecule has 1 aliphatic rings. The van der Waals surface area contributed by atoms with Gasteiger partial charge < -0.3 is 25.2 Å². The Morgan fingerprint density at radius 1 is 1.24 bits per heavy atom. The number of rotatable bonds is 6. The van der Waals surface area contributed by atoms with Crippen molar-refractivity contribution in [2.24, 2.45) is 0 Å². The Bertz CT molecular complexity index is 1000. The number of phenols is 1. The van der Waals surface area contributed by atoms with Gasteiger partial charge in [-0.3, -0.25) is 4.79 Å². The molecule has 7 nitrogen and oxygen atoms in total. The van der Waals surface area contributed by atoms with Gasteiger partial charge in [-0.05, 0) is 34.5 Å². The first kappa shape index (κ1) is 20.9. The summed E-state index contributed by atoms with van der Waals surface area (Å²) in [6.07, 6.45) is 0. The van der Waals surface area contributed by atoms with Crippen molar-refractivity contribution in [3.8, 4) is 16.9 Å². The van der Waals surface area contributed by atoms with Crippen LogP contribution in [0, 0.1) is 6.92 Å². The summed E-state index contributed by atoms with van der Waals surface area (Å²) in [4.78, 5) is 26.5. The van der Waals surface area contributed by atoms with Crippen molar-refractivity contribution in [2.45, 2.75) is 6.92 Å². The number of aromatic hydroxyl groups is 1. The van der Waals surface area contributed by atoms with E-state index in [0.29, 0.717) is 21.3 Å². The fourth-order valence-corrected chi connectivity index (χ4v) is 3.65. The Morgan fingerprint density at radius 3 is 2.62 bits per heavy atom. The van der Waals surface area contributed by atoms with E-state index in [4.69, 9.17) is 4.74 Å². The predicted octanol–water partition coefficient (Wildman–Crippen LogP) is 2.80. The standard InChI is InChI=1S/C21H21BrN2O5/c1-12-7-8-14(13-5-3-4-6-16(13)26)18(17(12)22)23-19-15(21(28)29-2)11-24(9-10-25)20(19)27/h3-8,23,25-26H,9-11H2,1-2H3. The molecule has 0 spiro atoms. The molecule has 29 heavy (non-hydrogen) atoms. The van der Waals surface area contributed by atoms with Crippen LogP contribution in [0.15, 0.2) is 52.1 Å². The molecular formula is C21H21BrN2O5. The van der Waals surface area contributed by atoms with Crippen LogP contribution in [0.4, 0.5) is 5.69 Å². The molecule has 2 aromatic rings. The average molecular weight is 461 g/mol. The largest absolute Gasteiger partial charge is 0.507 e. The number of benzene rings is 2. The average Bonchev–Trinajstić information content (AvgIpc) is 3.02. The Hall–Kier alpha value is -2.84. The lowest BCUT2D eigenvalue weighted by Crippen LogP contribution is -2.31. The number of amides is 1. The summed E-state index contributed by atoms with van der Waals surface area (Å²) in [6, 6.07) is 10.6. The number of aryl methyl sites for hydroxylation is 1. The molecule has 0 saturated carbocycles. The first-order valence-corrected chi connectivity index (χ1v) is 9.74. The number of hydrogen-bond acceptors (Lipinski definition) is 6. The molecule has 0 fully saturated rings. The van der Waals surface area contributed by atoms with E-state index in [1.165, 1.54) is 12.0 Å². The highest BCUT2D eigenvalue weighted by molar-refractivity contribution is 9.10. The summed E-state index contributed by atoms with van der Waals surface area (Å²) >= 11 is 3.55. The molecule has 3 N–H and O–H groups in total. The van der Waals surface area contributed by atoms with Crippen molar-refractivity contribution in [1.29, 1.82) is 0 Å². The van der Waals surface area contributed by atoms with Crippen molar-refractivity contribution in [2.75, 3.05) is 32.1 Å². The number of ether oxygens (including phenoxy) is 1. The third kappa shape index (κ3) is 3.99. The SMILES string of the molecule is COC(=O)C1=C(Nc2c(-c3ccccc3O)ccc(C)c2Br)C(=O)N(CCO)C1. The molecule has 0 atom stereocenters. The Labute approximate surface area is 176 Å². The van der Waals surface area contributed by atoms with Gasteiger partial charge in [-0.15, -0.1) is 0 Å². The van der Waals surface area contributed by atoms with Crippen molar-refractivity contribution >= 4 is 33.5 Å². The predicted molar refractivity (Wildman–Crippen MR) is 112 cm³/mol. The number of para-hydroxylation sites is 1. The first-order valence-electron chi connectivity index (χ1n) is 8.95. The number of nitrogens with one attached hydrogen (secondary N) is 1. The molecule has 0 bridgehead atoms. The van der Waals surface area contributed by atoms with Gasteiger partial charge in [-0.1, -0.05) is 30.3 Å². The molecule has 0 aliphatic carbocycles. The van der Waals surface area contributed by atoms with Crippen LogP contribution in [0.3, 0.4) is 0 Å². The minimum atomic E-state index is -0.617. The van der Waals surface area contributed by atoms with Crippen LogP contribution in [0.2, 0.25) is 0 Å². The maximum atomic E-state index is 12.9. The second kappa shape index (κ2) is 8.67. The molecule has 0 unspecified atom stereocenters. The number of anilines is 1. The summed E-state index contributed by atoms with van der Waals surface area (Å²) in [5.74, 6) is -0.932. The van der Waals surface area contributed by atoms with Gasteiger partial charge >= 0.3 is 5.97 Å². The van der Waals surface area contributed by atoms with Crippen LogP contribution >= 0.6 is 15.9 Å². The lowest BCUT2D eigenvalue weighted by Gasteiger charge is -2.18. The fourth-order valence-electron chi connectivity index (χ4n) is 3.20. The number of aliphatic hydroxyl groups excluding tert-OH is 1. The van der Waals surface area contributed by atoms with E-state index in [2.05, 4.69) is 21.2 Å². The normalized spacial score (nSPS) is 13.8. The number of phenolic OH excluding ortho intramolecular Hbond substituents is 1. The lowest BCUT2D eigenvalue weighted by molar-refractivity contribution is -0.136. The maximum absolute atomic E-state index is 12.9. The highest BCUT2D eigenvalue weighted by Gasteiger charge is 2.35. The number of methoxy groups -OCH3 is 1. The van der Waals surface area contributed by atoms with Gasteiger partial charge in [-0.2, -0.15) is 0 Å². The summed E-state index contributed by atoms with van der Waals surface area (Å²) in [6.45, 7) is 1.83. The van der Waals surface area contributed by atoms with E-state index in [0.717, 1.165) is 5.56 Å². The Morgan fingerprint density at radius 2 is 1.97 bits per heavy atom. The molecular weight excluding hydrogens is 440 g/mol. The summed E-state index contributed by atoms with van der Waals surface area (Å²) in [5.41, 5.74) is 2.96. The van der Waals surface area contributed by atoms with E-state index >= 15 is 0 Å². The van der Waals surface area contributed by atoms with Gasteiger partial charge in [0.15, 0.2) is 0 Å². The molecule has 152 valence electrons. The van der Waals surface area contributed by atoms with Crippen molar-refractivity contribution < 1.29 is 24.5 Å². The van der Waals surface area contributed by atoms with Gasteiger partial charge in [0.2, 0.25) is 0 Å². The Balaban J connectivity index is 2.13. The highest BCUT2D eigenvalue weighted by Crippen LogP contribution is 2.41. The summed E-state index contributed by atoms with van der Waals surface area (Å²) in [5, 5.41) is 22.6. The van der Waals surface area contributed by atoms with Crippen LogP contribution in [0.5, 0.6) is 5.75 Å². The number of hydrogen-bond donors (Lipinski definition) is 3. The van der Waals surface area contributed by atoms with Crippen LogP contribution in [-0.4, -0.2) is 53.8 Å².